The Kier molecular flexibility index (Phi) is 4.49. The summed E-state index contributed by atoms with van der Waals surface area (Å²) in [5, 5.41) is 5.02. The van der Waals surface area contributed by atoms with Crippen molar-refractivity contribution < 1.29 is 0 Å². The Hall–Kier alpha value is -0.500. The summed E-state index contributed by atoms with van der Waals surface area (Å²) in [6.07, 6.45) is 9.49. The molecule has 17 heavy (non-hydrogen) atoms. The lowest BCUT2D eigenvalue weighted by molar-refractivity contribution is 0.447. The Morgan fingerprint density at radius 2 is 2.18 bits per heavy atom. The number of aromatic nitrogens is 2. The molecular formula is C14H23ClN2. The van der Waals surface area contributed by atoms with Crippen LogP contribution >= 0.6 is 11.6 Å². The number of rotatable bonds is 3. The highest BCUT2D eigenvalue weighted by atomic mass is 35.5. The van der Waals surface area contributed by atoms with Crippen LogP contribution in [-0.4, -0.2) is 15.2 Å². The van der Waals surface area contributed by atoms with Gasteiger partial charge in [-0.15, -0.1) is 11.6 Å². The maximum atomic E-state index is 6.31. The first-order valence-electron chi connectivity index (χ1n) is 6.83. The minimum absolute atomic E-state index is 0.384. The van der Waals surface area contributed by atoms with E-state index in [2.05, 4.69) is 31.2 Å². The molecule has 0 amide bonds. The molecule has 1 aromatic heterocycles. The standard InChI is InChI=1S/C14H23ClN2/c1-11(2)17-8-7-14(16-17)10-12-5-3-4-6-13(15)9-12/h7-8,11-13H,3-6,9-10H2,1-2H3. The zero-order valence-electron chi connectivity index (χ0n) is 10.9. The SMILES string of the molecule is CC(C)n1ccc(CC2CCCCC(Cl)C2)n1. The van der Waals surface area contributed by atoms with Gasteiger partial charge < -0.3 is 0 Å². The van der Waals surface area contributed by atoms with Crippen LogP contribution in [0.25, 0.3) is 0 Å². The van der Waals surface area contributed by atoms with E-state index in [0.717, 1.165) is 18.8 Å². The smallest absolute Gasteiger partial charge is 0.0627 e. The van der Waals surface area contributed by atoms with Gasteiger partial charge in [-0.1, -0.05) is 19.3 Å². The van der Waals surface area contributed by atoms with Crippen LogP contribution in [-0.2, 0) is 6.42 Å². The van der Waals surface area contributed by atoms with Gasteiger partial charge in [0.1, 0.15) is 0 Å². The predicted octanol–water partition coefficient (Wildman–Crippen LogP) is 4.19. The minimum Gasteiger partial charge on any atom is -0.270 e. The van der Waals surface area contributed by atoms with E-state index >= 15 is 0 Å². The Balaban J connectivity index is 1.94. The Bertz CT molecular complexity index is 346. The lowest BCUT2D eigenvalue weighted by Gasteiger charge is -2.14. The highest BCUT2D eigenvalue weighted by Gasteiger charge is 2.19. The summed E-state index contributed by atoms with van der Waals surface area (Å²) in [6.45, 7) is 4.33. The van der Waals surface area contributed by atoms with Crippen LogP contribution in [0.3, 0.4) is 0 Å². The molecule has 1 heterocycles. The van der Waals surface area contributed by atoms with Crippen LogP contribution in [0.1, 0.15) is 57.7 Å². The summed E-state index contributed by atoms with van der Waals surface area (Å²) >= 11 is 6.31. The van der Waals surface area contributed by atoms with Crippen LogP contribution in [0, 0.1) is 5.92 Å². The third kappa shape index (κ3) is 3.74. The van der Waals surface area contributed by atoms with Crippen LogP contribution in [0.4, 0.5) is 0 Å². The molecule has 1 aromatic rings. The molecule has 1 aliphatic rings. The summed E-state index contributed by atoms with van der Waals surface area (Å²) in [5.74, 6) is 0.732. The number of hydrogen-bond donors (Lipinski definition) is 0. The molecule has 1 saturated carbocycles. The maximum Gasteiger partial charge on any atom is 0.0627 e. The molecule has 0 bridgehead atoms. The van der Waals surface area contributed by atoms with Gasteiger partial charge in [-0.2, -0.15) is 5.10 Å². The first-order valence-corrected chi connectivity index (χ1v) is 7.27. The van der Waals surface area contributed by atoms with Gasteiger partial charge in [-0.25, -0.2) is 0 Å². The van der Waals surface area contributed by atoms with E-state index in [1.165, 1.54) is 31.4 Å². The van der Waals surface area contributed by atoms with E-state index in [1.807, 2.05) is 4.68 Å². The third-order valence-electron chi connectivity index (χ3n) is 3.66. The van der Waals surface area contributed by atoms with Crippen LogP contribution in [0.5, 0.6) is 0 Å². The second-order valence-corrected chi connectivity index (χ2v) is 6.19. The monoisotopic (exact) mass is 254 g/mol. The van der Waals surface area contributed by atoms with Crippen molar-refractivity contribution in [1.29, 1.82) is 0 Å². The lowest BCUT2D eigenvalue weighted by Crippen LogP contribution is -2.10. The molecule has 0 N–H and O–H groups in total. The van der Waals surface area contributed by atoms with E-state index in [1.54, 1.807) is 0 Å². The van der Waals surface area contributed by atoms with Crippen LogP contribution in [0.15, 0.2) is 12.3 Å². The Morgan fingerprint density at radius 3 is 2.88 bits per heavy atom. The molecule has 96 valence electrons. The van der Waals surface area contributed by atoms with Gasteiger partial charge in [0.25, 0.3) is 0 Å². The average Bonchev–Trinajstić information content (AvgIpc) is 2.63. The molecule has 2 atom stereocenters. The first kappa shape index (κ1) is 12.9. The van der Waals surface area contributed by atoms with Gasteiger partial charge in [0.2, 0.25) is 0 Å². The molecule has 3 heteroatoms. The molecular weight excluding hydrogens is 232 g/mol. The number of hydrogen-bond acceptors (Lipinski definition) is 1. The van der Waals surface area contributed by atoms with Gasteiger partial charge in [0.05, 0.1) is 5.69 Å². The third-order valence-corrected chi connectivity index (χ3v) is 4.06. The molecule has 0 radical (unpaired) electrons. The van der Waals surface area contributed by atoms with Gasteiger partial charge >= 0.3 is 0 Å². The molecule has 2 nitrogen and oxygen atoms in total. The van der Waals surface area contributed by atoms with E-state index in [0.29, 0.717) is 11.4 Å². The van der Waals surface area contributed by atoms with Crippen molar-refractivity contribution in [2.45, 2.75) is 63.8 Å². The molecule has 0 saturated heterocycles. The van der Waals surface area contributed by atoms with Gasteiger partial charge in [0.15, 0.2) is 0 Å². The minimum atomic E-state index is 0.384. The fourth-order valence-corrected chi connectivity index (χ4v) is 3.06. The summed E-state index contributed by atoms with van der Waals surface area (Å²) < 4.78 is 2.05. The van der Waals surface area contributed by atoms with Gasteiger partial charge in [-0.3, -0.25) is 4.68 Å². The number of halogens is 1. The topological polar surface area (TPSA) is 17.8 Å². The summed E-state index contributed by atoms with van der Waals surface area (Å²) in [6, 6.07) is 2.62. The quantitative estimate of drug-likeness (QED) is 0.584. The number of nitrogens with zero attached hydrogens (tertiary/aromatic N) is 2. The normalized spacial score (nSPS) is 26.1. The van der Waals surface area contributed by atoms with Gasteiger partial charge in [-0.05, 0) is 45.1 Å². The van der Waals surface area contributed by atoms with E-state index < -0.39 is 0 Å². The second-order valence-electron chi connectivity index (χ2n) is 5.57. The lowest BCUT2D eigenvalue weighted by atomic mass is 9.95. The highest BCUT2D eigenvalue weighted by molar-refractivity contribution is 6.20. The van der Waals surface area contributed by atoms with Crippen molar-refractivity contribution in [3.8, 4) is 0 Å². The summed E-state index contributed by atoms with van der Waals surface area (Å²) in [4.78, 5) is 0. The van der Waals surface area contributed by atoms with Crippen molar-refractivity contribution in [1.82, 2.24) is 9.78 Å². The summed E-state index contributed by atoms with van der Waals surface area (Å²) in [5.41, 5.74) is 1.23. The fraction of sp³-hybridized carbons (Fsp3) is 0.786. The largest absolute Gasteiger partial charge is 0.270 e. The molecule has 1 aliphatic carbocycles. The highest BCUT2D eigenvalue weighted by Crippen LogP contribution is 2.28. The second kappa shape index (κ2) is 5.90. The van der Waals surface area contributed by atoms with Crippen LogP contribution in [0.2, 0.25) is 0 Å². The maximum absolute atomic E-state index is 6.31. The fourth-order valence-electron chi connectivity index (χ4n) is 2.65. The van der Waals surface area contributed by atoms with E-state index in [4.69, 9.17) is 11.6 Å². The van der Waals surface area contributed by atoms with E-state index in [-0.39, 0.29) is 0 Å². The van der Waals surface area contributed by atoms with Gasteiger partial charge in [0, 0.05) is 17.6 Å². The average molecular weight is 255 g/mol. The van der Waals surface area contributed by atoms with Crippen LogP contribution < -0.4 is 0 Å². The Labute approximate surface area is 109 Å². The molecule has 0 aliphatic heterocycles. The zero-order valence-corrected chi connectivity index (χ0v) is 11.7. The molecule has 2 rings (SSSR count). The predicted molar refractivity (Wildman–Crippen MR) is 72.5 cm³/mol. The molecule has 1 fully saturated rings. The van der Waals surface area contributed by atoms with Crippen molar-refractivity contribution >= 4 is 11.6 Å². The van der Waals surface area contributed by atoms with Crippen molar-refractivity contribution in [3.63, 3.8) is 0 Å². The summed E-state index contributed by atoms with van der Waals surface area (Å²) in [7, 11) is 0. The zero-order chi connectivity index (χ0) is 12.3. The van der Waals surface area contributed by atoms with Crippen molar-refractivity contribution in [3.05, 3.63) is 18.0 Å². The Morgan fingerprint density at radius 1 is 1.41 bits per heavy atom. The molecule has 2 unspecified atom stereocenters. The van der Waals surface area contributed by atoms with Crippen molar-refractivity contribution in [2.24, 2.45) is 5.92 Å². The van der Waals surface area contributed by atoms with E-state index in [9.17, 15) is 0 Å². The first-order chi connectivity index (χ1) is 8.15. The van der Waals surface area contributed by atoms with Crippen molar-refractivity contribution in [2.75, 3.05) is 0 Å². The molecule has 0 spiro atoms. The molecule has 0 aromatic carbocycles. The number of alkyl halides is 1.